The minimum atomic E-state index is -4.41. The van der Waals surface area contributed by atoms with Gasteiger partial charge in [-0.3, -0.25) is 0 Å². The fourth-order valence-electron chi connectivity index (χ4n) is 2.84. The van der Waals surface area contributed by atoms with E-state index in [1.807, 2.05) is 0 Å². The summed E-state index contributed by atoms with van der Waals surface area (Å²) in [6.45, 7) is 1.35. The monoisotopic (exact) mass is 245 g/mol. The lowest BCUT2D eigenvalue weighted by Crippen LogP contribution is -2.21. The molecule has 17 heavy (non-hydrogen) atoms. The summed E-state index contributed by atoms with van der Waals surface area (Å²) < 4.78 is 51.4. The van der Waals surface area contributed by atoms with Gasteiger partial charge in [-0.1, -0.05) is 0 Å². The Kier molecular flexibility index (Phi) is 2.09. The second kappa shape index (κ2) is 3.22. The van der Waals surface area contributed by atoms with Crippen molar-refractivity contribution in [1.82, 2.24) is 5.32 Å². The molecule has 2 aliphatic rings. The second-order valence-electron chi connectivity index (χ2n) is 4.88. The molecule has 5 heteroatoms. The average molecular weight is 245 g/mol. The Labute approximate surface area is 95.8 Å². The molecule has 1 aliphatic carbocycles. The van der Waals surface area contributed by atoms with Gasteiger partial charge in [0.2, 0.25) is 0 Å². The summed E-state index contributed by atoms with van der Waals surface area (Å²) in [5.41, 5.74) is -0.922. The molecule has 0 radical (unpaired) electrons. The van der Waals surface area contributed by atoms with Crippen LogP contribution in [0.4, 0.5) is 17.6 Å². The molecule has 92 valence electrons. The van der Waals surface area contributed by atoms with E-state index in [4.69, 9.17) is 0 Å². The number of rotatable bonds is 1. The van der Waals surface area contributed by atoms with Crippen molar-refractivity contribution < 1.29 is 17.6 Å². The summed E-state index contributed by atoms with van der Waals surface area (Å²) >= 11 is 0. The summed E-state index contributed by atoms with van der Waals surface area (Å²) in [7, 11) is 0. The Bertz CT molecular complexity index is 468. The number of halogens is 4. The fourth-order valence-corrected chi connectivity index (χ4v) is 2.84. The van der Waals surface area contributed by atoms with Crippen molar-refractivity contribution >= 4 is 0 Å². The molecule has 2 atom stereocenters. The van der Waals surface area contributed by atoms with Crippen LogP contribution in [0, 0.1) is 11.7 Å². The van der Waals surface area contributed by atoms with E-state index in [-0.39, 0.29) is 11.0 Å². The van der Waals surface area contributed by atoms with E-state index < -0.39 is 17.6 Å². The predicted octanol–water partition coefficient (Wildman–Crippen LogP) is 2.71. The maximum Gasteiger partial charge on any atom is 0.416 e. The van der Waals surface area contributed by atoms with Crippen molar-refractivity contribution in [1.29, 1.82) is 0 Å². The van der Waals surface area contributed by atoms with E-state index in [1.54, 1.807) is 0 Å². The Morgan fingerprint density at radius 3 is 2.59 bits per heavy atom. The highest BCUT2D eigenvalue weighted by Gasteiger charge is 2.59. The van der Waals surface area contributed by atoms with E-state index in [0.717, 1.165) is 31.2 Å². The normalized spacial score (nSPS) is 31.4. The lowest BCUT2D eigenvalue weighted by molar-refractivity contribution is -0.137. The van der Waals surface area contributed by atoms with Gasteiger partial charge in [-0.25, -0.2) is 4.39 Å². The van der Waals surface area contributed by atoms with Gasteiger partial charge < -0.3 is 5.32 Å². The number of fused-ring (bicyclic) bond motifs is 1. The van der Waals surface area contributed by atoms with E-state index in [1.165, 1.54) is 0 Å². The zero-order valence-electron chi connectivity index (χ0n) is 8.94. The highest BCUT2D eigenvalue weighted by molar-refractivity contribution is 5.41. The molecule has 1 saturated carbocycles. The van der Waals surface area contributed by atoms with Crippen LogP contribution in [0.25, 0.3) is 0 Å². The lowest BCUT2D eigenvalue weighted by atomic mass is 9.93. The minimum absolute atomic E-state index is 0.224. The van der Waals surface area contributed by atoms with Crippen LogP contribution < -0.4 is 5.32 Å². The van der Waals surface area contributed by atoms with Gasteiger partial charge in [0.15, 0.2) is 0 Å². The quantitative estimate of drug-likeness (QED) is 0.750. The Morgan fingerprint density at radius 2 is 2.06 bits per heavy atom. The van der Waals surface area contributed by atoms with Gasteiger partial charge in [-0.2, -0.15) is 13.2 Å². The van der Waals surface area contributed by atoms with Crippen molar-refractivity contribution in [3.63, 3.8) is 0 Å². The van der Waals surface area contributed by atoms with Crippen molar-refractivity contribution in [3.05, 3.63) is 35.1 Å². The van der Waals surface area contributed by atoms with Crippen molar-refractivity contribution in [2.75, 3.05) is 13.1 Å². The number of piperidine rings is 1. The molecule has 1 nitrogen and oxygen atoms in total. The van der Waals surface area contributed by atoms with Crippen LogP contribution in [0.2, 0.25) is 0 Å². The Balaban J connectivity index is 2.05. The Morgan fingerprint density at radius 1 is 1.29 bits per heavy atom. The smallest absolute Gasteiger partial charge is 0.316 e. The lowest BCUT2D eigenvalue weighted by Gasteiger charge is -2.16. The summed E-state index contributed by atoms with van der Waals surface area (Å²) in [6.07, 6.45) is -3.62. The molecule has 1 aromatic rings. The first kappa shape index (κ1) is 11.0. The predicted molar refractivity (Wildman–Crippen MR) is 54.1 cm³/mol. The van der Waals surface area contributed by atoms with Gasteiger partial charge in [0, 0.05) is 12.0 Å². The maximum atomic E-state index is 13.7. The van der Waals surface area contributed by atoms with Crippen molar-refractivity contribution in [2.24, 2.45) is 5.92 Å². The van der Waals surface area contributed by atoms with Gasteiger partial charge in [0.25, 0.3) is 0 Å². The van der Waals surface area contributed by atoms with Crippen LogP contribution in [-0.2, 0) is 11.6 Å². The van der Waals surface area contributed by atoms with Gasteiger partial charge in [0.05, 0.1) is 5.56 Å². The standard InChI is InChI=1S/C12H11F4N/c13-10-2-1-7(12(14,15)16)3-9(10)11-4-8(11)5-17-6-11/h1-3,8,17H,4-6H2. The number of nitrogens with one attached hydrogen (secondary N) is 1. The van der Waals surface area contributed by atoms with E-state index in [2.05, 4.69) is 5.32 Å². The van der Waals surface area contributed by atoms with Gasteiger partial charge >= 0.3 is 6.18 Å². The topological polar surface area (TPSA) is 12.0 Å². The molecule has 0 bridgehead atoms. The van der Waals surface area contributed by atoms with Crippen molar-refractivity contribution in [2.45, 2.75) is 18.0 Å². The molecule has 1 saturated heterocycles. The van der Waals surface area contributed by atoms with Crippen LogP contribution in [0.1, 0.15) is 17.5 Å². The van der Waals surface area contributed by atoms with Crippen LogP contribution in [0.15, 0.2) is 18.2 Å². The molecule has 1 heterocycles. The molecular weight excluding hydrogens is 234 g/mol. The highest BCUT2D eigenvalue weighted by atomic mass is 19.4. The first-order valence-electron chi connectivity index (χ1n) is 5.51. The van der Waals surface area contributed by atoms with Gasteiger partial charge in [-0.15, -0.1) is 0 Å². The first-order valence-corrected chi connectivity index (χ1v) is 5.51. The van der Waals surface area contributed by atoms with E-state index >= 15 is 0 Å². The summed E-state index contributed by atoms with van der Waals surface area (Å²) in [4.78, 5) is 0. The van der Waals surface area contributed by atoms with Crippen LogP contribution in [0.3, 0.4) is 0 Å². The largest absolute Gasteiger partial charge is 0.416 e. The molecule has 3 rings (SSSR count). The third-order valence-electron chi connectivity index (χ3n) is 3.89. The molecule has 0 amide bonds. The molecule has 0 aromatic heterocycles. The zero-order valence-corrected chi connectivity index (χ0v) is 8.94. The summed E-state index contributed by atoms with van der Waals surface area (Å²) in [6, 6.07) is 2.71. The number of benzene rings is 1. The number of alkyl halides is 3. The third kappa shape index (κ3) is 1.56. The molecule has 2 fully saturated rings. The van der Waals surface area contributed by atoms with Crippen LogP contribution in [-0.4, -0.2) is 13.1 Å². The van der Waals surface area contributed by atoms with E-state index in [9.17, 15) is 17.6 Å². The van der Waals surface area contributed by atoms with Crippen LogP contribution in [0.5, 0.6) is 0 Å². The van der Waals surface area contributed by atoms with Crippen molar-refractivity contribution in [3.8, 4) is 0 Å². The zero-order chi connectivity index (χ0) is 12.3. The molecule has 0 spiro atoms. The maximum absolute atomic E-state index is 13.7. The molecule has 1 aliphatic heterocycles. The van der Waals surface area contributed by atoms with Crippen LogP contribution >= 0.6 is 0 Å². The molecular formula is C12H11F4N. The SMILES string of the molecule is Fc1ccc(C(F)(F)F)cc1C12CNCC1C2. The average Bonchev–Trinajstić information content (AvgIpc) is 2.80. The molecule has 2 unspecified atom stereocenters. The summed E-state index contributed by atoms with van der Waals surface area (Å²) in [5, 5.41) is 3.10. The Hall–Kier alpha value is -1.10. The fraction of sp³-hybridized carbons (Fsp3) is 0.500. The van der Waals surface area contributed by atoms with Gasteiger partial charge in [-0.05, 0) is 42.6 Å². The third-order valence-corrected chi connectivity index (χ3v) is 3.89. The first-order chi connectivity index (χ1) is 7.93. The summed E-state index contributed by atoms with van der Waals surface area (Å²) in [5.74, 6) is -0.232. The number of hydrogen-bond acceptors (Lipinski definition) is 1. The molecule has 1 aromatic carbocycles. The second-order valence-corrected chi connectivity index (χ2v) is 4.88. The molecule has 1 N–H and O–H groups in total. The van der Waals surface area contributed by atoms with E-state index in [0.29, 0.717) is 12.5 Å². The van der Waals surface area contributed by atoms with Gasteiger partial charge in [0.1, 0.15) is 5.82 Å². The highest BCUT2D eigenvalue weighted by Crippen LogP contribution is 2.57. The number of hydrogen-bond donors (Lipinski definition) is 1. The minimum Gasteiger partial charge on any atom is -0.316 e.